The molecule has 1 heterocycles. The number of ether oxygens (including phenoxy) is 1. The molecule has 0 amide bonds. The Hall–Kier alpha value is -1.32. The summed E-state index contributed by atoms with van der Waals surface area (Å²) in [7, 11) is 0. The second kappa shape index (κ2) is 5.76. The van der Waals surface area contributed by atoms with Crippen LogP contribution in [0.1, 0.15) is 23.9 Å². The highest BCUT2D eigenvalue weighted by molar-refractivity contribution is 6.30. The number of benzene rings is 1. The molecule has 0 fully saturated rings. The van der Waals surface area contributed by atoms with E-state index in [0.29, 0.717) is 34.1 Å². The lowest BCUT2D eigenvalue weighted by Gasteiger charge is -2.12. The molecule has 2 aromatic rings. The fourth-order valence-corrected chi connectivity index (χ4v) is 1.90. The summed E-state index contributed by atoms with van der Waals surface area (Å²) >= 11 is 12.1. The van der Waals surface area contributed by atoms with Crippen molar-refractivity contribution in [3.63, 3.8) is 0 Å². The molecule has 0 aliphatic carbocycles. The van der Waals surface area contributed by atoms with E-state index >= 15 is 0 Å². The van der Waals surface area contributed by atoms with Crippen LogP contribution in [0.5, 0.6) is 11.6 Å². The van der Waals surface area contributed by atoms with Crippen LogP contribution in [0.3, 0.4) is 0 Å². The molecule has 0 aliphatic heterocycles. The molecule has 5 heteroatoms. The number of hydrogen-bond donors (Lipinski definition) is 0. The number of rotatable bonds is 3. The average molecular weight is 297 g/mol. The van der Waals surface area contributed by atoms with Gasteiger partial charge in [-0.25, -0.2) is 4.98 Å². The van der Waals surface area contributed by atoms with E-state index in [-0.39, 0.29) is 0 Å². The molecule has 0 spiro atoms. The molecule has 0 atom stereocenters. The Morgan fingerprint density at radius 1 is 1.16 bits per heavy atom. The number of aryl methyl sites for hydroxylation is 2. The third kappa shape index (κ3) is 3.17. The lowest BCUT2D eigenvalue weighted by Crippen LogP contribution is -2.00. The Morgan fingerprint density at radius 2 is 1.89 bits per heavy atom. The van der Waals surface area contributed by atoms with Crippen molar-refractivity contribution < 1.29 is 4.74 Å². The highest BCUT2D eigenvalue weighted by atomic mass is 35.5. The first-order chi connectivity index (χ1) is 9.01. The molecule has 0 saturated carbocycles. The lowest BCUT2D eigenvalue weighted by molar-refractivity contribution is 0.451. The van der Waals surface area contributed by atoms with Crippen LogP contribution in [0.4, 0.5) is 0 Å². The first-order valence-corrected chi connectivity index (χ1v) is 6.74. The van der Waals surface area contributed by atoms with Crippen molar-refractivity contribution in [2.24, 2.45) is 0 Å². The molecule has 1 aromatic carbocycles. The molecule has 19 heavy (non-hydrogen) atoms. The van der Waals surface area contributed by atoms with E-state index in [0.717, 1.165) is 11.1 Å². The summed E-state index contributed by atoms with van der Waals surface area (Å²) in [6.07, 6.45) is 0.699. The number of aromatic nitrogens is 2. The van der Waals surface area contributed by atoms with Crippen LogP contribution in [0.2, 0.25) is 10.2 Å². The minimum absolute atomic E-state index is 0.418. The average Bonchev–Trinajstić information content (AvgIpc) is 2.38. The highest BCUT2D eigenvalue weighted by Gasteiger charge is 2.12. The van der Waals surface area contributed by atoms with Crippen LogP contribution in [0.25, 0.3) is 0 Å². The molecule has 100 valence electrons. The van der Waals surface area contributed by atoms with E-state index in [1.807, 2.05) is 32.9 Å². The Morgan fingerprint density at radius 3 is 2.58 bits per heavy atom. The maximum atomic E-state index is 6.08. The van der Waals surface area contributed by atoms with Crippen molar-refractivity contribution in [2.45, 2.75) is 27.2 Å². The van der Waals surface area contributed by atoms with Crippen molar-refractivity contribution in [2.75, 3.05) is 0 Å². The quantitative estimate of drug-likeness (QED) is 0.766. The van der Waals surface area contributed by atoms with Crippen LogP contribution in [0.15, 0.2) is 18.2 Å². The predicted octanol–water partition coefficient (Wildman–Crippen LogP) is 4.75. The molecule has 0 unspecified atom stereocenters. The maximum absolute atomic E-state index is 6.08. The van der Waals surface area contributed by atoms with Gasteiger partial charge in [0.2, 0.25) is 5.88 Å². The topological polar surface area (TPSA) is 35.0 Å². The van der Waals surface area contributed by atoms with E-state index in [2.05, 4.69) is 9.97 Å². The van der Waals surface area contributed by atoms with Gasteiger partial charge in [0.25, 0.3) is 0 Å². The summed E-state index contributed by atoms with van der Waals surface area (Å²) in [5, 5.41) is 1.04. The van der Waals surface area contributed by atoms with E-state index in [4.69, 9.17) is 27.9 Å². The van der Waals surface area contributed by atoms with Crippen molar-refractivity contribution >= 4 is 23.2 Å². The normalized spacial score (nSPS) is 10.6. The van der Waals surface area contributed by atoms with Gasteiger partial charge in [0.05, 0.1) is 0 Å². The first-order valence-electron chi connectivity index (χ1n) is 5.98. The van der Waals surface area contributed by atoms with Crippen LogP contribution in [0, 0.1) is 13.8 Å². The summed E-state index contributed by atoms with van der Waals surface area (Å²) in [4.78, 5) is 8.54. The highest BCUT2D eigenvalue weighted by Crippen LogP contribution is 2.30. The second-order valence-electron chi connectivity index (χ2n) is 4.23. The van der Waals surface area contributed by atoms with E-state index in [1.165, 1.54) is 0 Å². The molecule has 2 rings (SSSR count). The van der Waals surface area contributed by atoms with Gasteiger partial charge >= 0.3 is 0 Å². The molecular formula is C14H14Cl2N2O. The van der Waals surface area contributed by atoms with Gasteiger partial charge in [0, 0.05) is 17.0 Å². The molecule has 1 aromatic heterocycles. The Balaban J connectivity index is 2.42. The molecule has 0 aliphatic rings. The minimum atomic E-state index is 0.418. The molecular weight excluding hydrogens is 283 g/mol. The van der Waals surface area contributed by atoms with Gasteiger partial charge in [-0.05, 0) is 31.5 Å². The van der Waals surface area contributed by atoms with Crippen LogP contribution >= 0.6 is 23.2 Å². The Labute approximate surface area is 122 Å². The number of nitrogens with zero attached hydrogens (tertiary/aromatic N) is 2. The summed E-state index contributed by atoms with van der Waals surface area (Å²) in [6.45, 7) is 5.75. The predicted molar refractivity (Wildman–Crippen MR) is 77.4 cm³/mol. The summed E-state index contributed by atoms with van der Waals surface area (Å²) < 4.78 is 5.82. The van der Waals surface area contributed by atoms with Gasteiger partial charge in [0.1, 0.15) is 16.7 Å². The number of halogens is 2. The molecule has 0 N–H and O–H groups in total. The smallest absolute Gasteiger partial charge is 0.227 e. The maximum Gasteiger partial charge on any atom is 0.227 e. The van der Waals surface area contributed by atoms with E-state index in [1.54, 1.807) is 6.07 Å². The molecule has 0 saturated heterocycles. The summed E-state index contributed by atoms with van der Waals surface area (Å²) in [5.41, 5.74) is 1.70. The largest absolute Gasteiger partial charge is 0.438 e. The van der Waals surface area contributed by atoms with Crippen LogP contribution in [-0.2, 0) is 6.42 Å². The first kappa shape index (κ1) is 14.1. The number of hydrogen-bond acceptors (Lipinski definition) is 3. The zero-order chi connectivity index (χ0) is 14.0. The van der Waals surface area contributed by atoms with Crippen molar-refractivity contribution in [3.05, 3.63) is 45.3 Å². The second-order valence-corrected chi connectivity index (χ2v) is 5.02. The van der Waals surface area contributed by atoms with Crippen molar-refractivity contribution in [3.8, 4) is 11.6 Å². The zero-order valence-corrected chi connectivity index (χ0v) is 12.5. The molecule has 0 radical (unpaired) electrons. The SMILES string of the molecule is CCc1nc(Cl)c(C)c(Oc2cc(Cl)ccc2C)n1. The van der Waals surface area contributed by atoms with Gasteiger partial charge in [-0.1, -0.05) is 36.2 Å². The molecule has 0 bridgehead atoms. The van der Waals surface area contributed by atoms with E-state index < -0.39 is 0 Å². The molecule has 3 nitrogen and oxygen atoms in total. The zero-order valence-electron chi connectivity index (χ0n) is 11.0. The van der Waals surface area contributed by atoms with Gasteiger partial charge in [-0.2, -0.15) is 4.98 Å². The third-order valence-electron chi connectivity index (χ3n) is 2.76. The van der Waals surface area contributed by atoms with Crippen LogP contribution in [-0.4, -0.2) is 9.97 Å². The van der Waals surface area contributed by atoms with Crippen molar-refractivity contribution in [1.29, 1.82) is 0 Å². The van der Waals surface area contributed by atoms with Gasteiger partial charge in [-0.3, -0.25) is 0 Å². The lowest BCUT2D eigenvalue weighted by atomic mass is 10.2. The summed E-state index contributed by atoms with van der Waals surface area (Å²) in [5.74, 6) is 1.81. The fourth-order valence-electron chi connectivity index (χ4n) is 1.56. The van der Waals surface area contributed by atoms with Crippen LogP contribution < -0.4 is 4.74 Å². The Bertz CT molecular complexity index is 615. The van der Waals surface area contributed by atoms with E-state index in [9.17, 15) is 0 Å². The van der Waals surface area contributed by atoms with Gasteiger partial charge in [0.15, 0.2) is 0 Å². The monoisotopic (exact) mass is 296 g/mol. The minimum Gasteiger partial charge on any atom is -0.438 e. The van der Waals surface area contributed by atoms with Gasteiger partial charge in [-0.15, -0.1) is 0 Å². The Kier molecular flexibility index (Phi) is 4.27. The fraction of sp³-hybridized carbons (Fsp3) is 0.286. The summed E-state index contributed by atoms with van der Waals surface area (Å²) in [6, 6.07) is 5.48. The van der Waals surface area contributed by atoms with Crippen molar-refractivity contribution in [1.82, 2.24) is 9.97 Å². The van der Waals surface area contributed by atoms with Gasteiger partial charge < -0.3 is 4.74 Å². The third-order valence-corrected chi connectivity index (χ3v) is 3.36. The standard InChI is InChI=1S/C14H14Cl2N2O/c1-4-12-17-13(16)9(3)14(18-12)19-11-7-10(15)6-5-8(11)2/h5-7H,4H2,1-3H3.